The molecule has 0 unspecified atom stereocenters. The van der Waals surface area contributed by atoms with Gasteiger partial charge in [-0.2, -0.15) is 10.4 Å². The van der Waals surface area contributed by atoms with Crippen LogP contribution in [0.15, 0.2) is 36.4 Å². The Labute approximate surface area is 129 Å². The molecule has 0 fully saturated rings. The van der Waals surface area contributed by atoms with Crippen molar-refractivity contribution >= 4 is 12.0 Å². The zero-order chi connectivity index (χ0) is 16.1. The van der Waals surface area contributed by atoms with E-state index in [0.29, 0.717) is 0 Å². The number of para-hydroxylation sites is 1. The Bertz CT molecular complexity index is 739. The fourth-order valence-electron chi connectivity index (χ4n) is 2.11. The molecule has 5 heteroatoms. The third-order valence-electron chi connectivity index (χ3n) is 3.21. The van der Waals surface area contributed by atoms with Gasteiger partial charge in [-0.25, -0.2) is 9.48 Å². The third-order valence-corrected chi connectivity index (χ3v) is 3.21. The standard InChI is InChI=1S/C17H17N3O2/c1-12(11-18)22-17(21)10-9-16-13(2)19-20(14(16)3)15-7-5-4-6-8-15/h4-10,12H,1-3H3/b10-9+/t12-/m0/s1. The van der Waals surface area contributed by atoms with Crippen LogP contribution in [0.4, 0.5) is 0 Å². The van der Waals surface area contributed by atoms with Crippen molar-refractivity contribution in [2.75, 3.05) is 0 Å². The molecule has 2 aromatic rings. The molecule has 0 radical (unpaired) electrons. The van der Waals surface area contributed by atoms with Crippen molar-refractivity contribution in [3.63, 3.8) is 0 Å². The SMILES string of the molecule is Cc1nn(-c2ccccc2)c(C)c1/C=C/C(=O)O[C@@H](C)C#N. The van der Waals surface area contributed by atoms with Crippen LogP contribution in [-0.2, 0) is 9.53 Å². The summed E-state index contributed by atoms with van der Waals surface area (Å²) >= 11 is 0. The molecule has 5 nitrogen and oxygen atoms in total. The number of carbonyl (C=O) groups excluding carboxylic acids is 1. The fourth-order valence-corrected chi connectivity index (χ4v) is 2.11. The van der Waals surface area contributed by atoms with Crippen molar-refractivity contribution in [1.29, 1.82) is 5.26 Å². The lowest BCUT2D eigenvalue weighted by molar-refractivity contribution is -0.139. The van der Waals surface area contributed by atoms with Gasteiger partial charge in [0.1, 0.15) is 6.07 Å². The van der Waals surface area contributed by atoms with E-state index in [1.54, 1.807) is 6.08 Å². The Morgan fingerprint density at radius 1 is 1.36 bits per heavy atom. The lowest BCUT2D eigenvalue weighted by Crippen LogP contribution is -2.10. The molecule has 2 rings (SSSR count). The van der Waals surface area contributed by atoms with E-state index >= 15 is 0 Å². The highest BCUT2D eigenvalue weighted by Gasteiger charge is 2.11. The first kappa shape index (κ1) is 15.5. The molecule has 0 saturated carbocycles. The van der Waals surface area contributed by atoms with Gasteiger partial charge in [-0.1, -0.05) is 18.2 Å². The third kappa shape index (κ3) is 3.41. The lowest BCUT2D eigenvalue weighted by atomic mass is 10.2. The number of hydrogen-bond acceptors (Lipinski definition) is 4. The highest BCUT2D eigenvalue weighted by Crippen LogP contribution is 2.19. The lowest BCUT2D eigenvalue weighted by Gasteiger charge is -2.04. The summed E-state index contributed by atoms with van der Waals surface area (Å²) in [7, 11) is 0. The predicted molar refractivity (Wildman–Crippen MR) is 83.2 cm³/mol. The zero-order valence-corrected chi connectivity index (χ0v) is 12.8. The van der Waals surface area contributed by atoms with Crippen LogP contribution in [0.2, 0.25) is 0 Å². The van der Waals surface area contributed by atoms with Gasteiger partial charge in [-0.05, 0) is 39.0 Å². The normalized spacial score (nSPS) is 12.1. The number of hydrogen-bond donors (Lipinski definition) is 0. The van der Waals surface area contributed by atoms with E-state index in [4.69, 9.17) is 10.00 Å². The minimum atomic E-state index is -0.758. The zero-order valence-electron chi connectivity index (χ0n) is 12.8. The first-order valence-electron chi connectivity index (χ1n) is 6.93. The second-order valence-electron chi connectivity index (χ2n) is 4.87. The summed E-state index contributed by atoms with van der Waals surface area (Å²) in [5.41, 5.74) is 3.58. The molecule has 112 valence electrons. The van der Waals surface area contributed by atoms with Crippen LogP contribution in [0.5, 0.6) is 0 Å². The molecular formula is C17H17N3O2. The van der Waals surface area contributed by atoms with Gasteiger partial charge in [0.05, 0.1) is 11.4 Å². The molecule has 1 aromatic heterocycles. The van der Waals surface area contributed by atoms with E-state index < -0.39 is 12.1 Å². The van der Waals surface area contributed by atoms with E-state index in [0.717, 1.165) is 22.6 Å². The van der Waals surface area contributed by atoms with Crippen LogP contribution in [0, 0.1) is 25.2 Å². The Kier molecular flexibility index (Phi) is 4.74. The maximum Gasteiger partial charge on any atom is 0.332 e. The van der Waals surface area contributed by atoms with Gasteiger partial charge < -0.3 is 4.74 Å². The van der Waals surface area contributed by atoms with E-state index in [2.05, 4.69) is 5.10 Å². The molecule has 22 heavy (non-hydrogen) atoms. The van der Waals surface area contributed by atoms with Crippen molar-refractivity contribution in [2.24, 2.45) is 0 Å². The highest BCUT2D eigenvalue weighted by molar-refractivity contribution is 5.87. The van der Waals surface area contributed by atoms with Crippen LogP contribution in [0.3, 0.4) is 0 Å². The monoisotopic (exact) mass is 295 g/mol. The van der Waals surface area contributed by atoms with Gasteiger partial charge in [0, 0.05) is 17.3 Å². The molecular weight excluding hydrogens is 278 g/mol. The quantitative estimate of drug-likeness (QED) is 0.642. The number of carbonyl (C=O) groups is 1. The number of benzene rings is 1. The Hall–Kier alpha value is -2.87. The Balaban J connectivity index is 2.25. The summed E-state index contributed by atoms with van der Waals surface area (Å²) in [6, 6.07) is 11.6. The van der Waals surface area contributed by atoms with Crippen molar-refractivity contribution in [3.05, 3.63) is 53.4 Å². The van der Waals surface area contributed by atoms with Crippen molar-refractivity contribution in [1.82, 2.24) is 9.78 Å². The van der Waals surface area contributed by atoms with Crippen molar-refractivity contribution < 1.29 is 9.53 Å². The van der Waals surface area contributed by atoms with Crippen LogP contribution in [-0.4, -0.2) is 21.9 Å². The minimum absolute atomic E-state index is 0.541. The van der Waals surface area contributed by atoms with Crippen LogP contribution in [0.25, 0.3) is 11.8 Å². The summed E-state index contributed by atoms with van der Waals surface area (Å²) in [6.07, 6.45) is 2.23. The molecule has 0 aliphatic rings. The van der Waals surface area contributed by atoms with Crippen LogP contribution < -0.4 is 0 Å². The molecule has 0 saturated heterocycles. The molecule has 0 aliphatic carbocycles. The van der Waals surface area contributed by atoms with Crippen molar-refractivity contribution in [2.45, 2.75) is 26.9 Å². The second kappa shape index (κ2) is 6.72. The minimum Gasteiger partial charge on any atom is -0.444 e. The molecule has 0 spiro atoms. The number of nitriles is 1. The van der Waals surface area contributed by atoms with Gasteiger partial charge in [0.15, 0.2) is 6.10 Å². The molecule has 1 heterocycles. The number of ether oxygens (including phenoxy) is 1. The molecule has 1 atom stereocenters. The first-order valence-corrected chi connectivity index (χ1v) is 6.93. The van der Waals surface area contributed by atoms with E-state index in [9.17, 15) is 4.79 Å². The maximum atomic E-state index is 11.6. The molecule has 0 aliphatic heterocycles. The molecule has 0 N–H and O–H groups in total. The average Bonchev–Trinajstić information content (AvgIpc) is 2.80. The van der Waals surface area contributed by atoms with Gasteiger partial charge >= 0.3 is 5.97 Å². The smallest absolute Gasteiger partial charge is 0.332 e. The molecule has 0 amide bonds. The Morgan fingerprint density at radius 3 is 2.68 bits per heavy atom. The van der Waals surface area contributed by atoms with Gasteiger partial charge in [-0.3, -0.25) is 0 Å². The fraction of sp³-hybridized carbons (Fsp3) is 0.235. The molecule has 0 bridgehead atoms. The average molecular weight is 295 g/mol. The largest absolute Gasteiger partial charge is 0.444 e. The molecule has 1 aromatic carbocycles. The van der Waals surface area contributed by atoms with Crippen molar-refractivity contribution in [3.8, 4) is 11.8 Å². The predicted octanol–water partition coefficient (Wildman–Crippen LogP) is 2.96. The number of rotatable bonds is 4. The first-order chi connectivity index (χ1) is 10.5. The van der Waals surface area contributed by atoms with E-state index in [-0.39, 0.29) is 0 Å². The van der Waals surface area contributed by atoms with Gasteiger partial charge in [-0.15, -0.1) is 0 Å². The number of aromatic nitrogens is 2. The van der Waals surface area contributed by atoms with Crippen LogP contribution >= 0.6 is 0 Å². The van der Waals surface area contributed by atoms with Gasteiger partial charge in [0.25, 0.3) is 0 Å². The van der Waals surface area contributed by atoms with Gasteiger partial charge in [0.2, 0.25) is 0 Å². The summed E-state index contributed by atoms with van der Waals surface area (Å²) in [6.45, 7) is 5.35. The number of aryl methyl sites for hydroxylation is 1. The number of esters is 1. The topological polar surface area (TPSA) is 67.9 Å². The number of nitrogens with zero attached hydrogens (tertiary/aromatic N) is 3. The summed E-state index contributed by atoms with van der Waals surface area (Å²) in [5, 5.41) is 13.1. The Morgan fingerprint density at radius 2 is 2.05 bits per heavy atom. The van der Waals surface area contributed by atoms with Crippen LogP contribution in [0.1, 0.15) is 23.9 Å². The summed E-state index contributed by atoms with van der Waals surface area (Å²) in [4.78, 5) is 11.6. The maximum absolute atomic E-state index is 11.6. The second-order valence-corrected chi connectivity index (χ2v) is 4.87. The van der Waals surface area contributed by atoms with E-state index in [1.165, 1.54) is 13.0 Å². The summed E-state index contributed by atoms with van der Waals surface area (Å²) in [5.74, 6) is -0.541. The van der Waals surface area contributed by atoms with E-state index in [1.807, 2.05) is 54.9 Å². The highest BCUT2D eigenvalue weighted by atomic mass is 16.5. The summed E-state index contributed by atoms with van der Waals surface area (Å²) < 4.78 is 6.71.